The second kappa shape index (κ2) is 9.66. The van der Waals surface area contributed by atoms with Crippen molar-refractivity contribution in [2.24, 2.45) is 0 Å². The Kier molecular flexibility index (Phi) is 7.28. The van der Waals surface area contributed by atoms with Gasteiger partial charge in [-0.25, -0.2) is 19.6 Å². The summed E-state index contributed by atoms with van der Waals surface area (Å²) in [6, 6.07) is 6.81. The molecule has 1 aromatic rings. The Bertz CT molecular complexity index is 686. The summed E-state index contributed by atoms with van der Waals surface area (Å²) in [5.74, 6) is 0.765. The van der Waals surface area contributed by atoms with E-state index in [-0.39, 0.29) is 25.3 Å². The highest BCUT2D eigenvalue weighted by Crippen LogP contribution is 2.29. The van der Waals surface area contributed by atoms with Crippen LogP contribution in [0.5, 0.6) is 5.75 Å². The van der Waals surface area contributed by atoms with Gasteiger partial charge in [0.05, 0.1) is 32.4 Å². The van der Waals surface area contributed by atoms with Crippen molar-refractivity contribution in [3.8, 4) is 5.75 Å². The van der Waals surface area contributed by atoms with Crippen LogP contribution in [0, 0.1) is 0 Å². The summed E-state index contributed by atoms with van der Waals surface area (Å²) in [4.78, 5) is 24.9. The fourth-order valence-corrected chi connectivity index (χ4v) is 2.89. The molecule has 0 unspecified atom stereocenters. The van der Waals surface area contributed by atoms with Gasteiger partial charge in [0.2, 0.25) is 0 Å². The van der Waals surface area contributed by atoms with Crippen LogP contribution in [0.1, 0.15) is 25.8 Å². The fourth-order valence-electron chi connectivity index (χ4n) is 2.89. The SMILES string of the molecule is C=C[C@H]1C[C@@H](/C=C\c2ccc(OC)cc2)N(C(=O)OCC)N1C(=O)OCC. The van der Waals surface area contributed by atoms with Crippen molar-refractivity contribution in [2.75, 3.05) is 20.3 Å². The van der Waals surface area contributed by atoms with Crippen molar-refractivity contribution in [1.29, 1.82) is 0 Å². The fraction of sp³-hybridized carbons (Fsp3) is 0.400. The number of hydrogen-bond acceptors (Lipinski definition) is 5. The number of methoxy groups -OCH3 is 1. The van der Waals surface area contributed by atoms with Crippen LogP contribution in [-0.2, 0) is 9.47 Å². The van der Waals surface area contributed by atoms with Gasteiger partial charge in [-0.05, 0) is 38.0 Å². The Hall–Kier alpha value is -2.96. The summed E-state index contributed by atoms with van der Waals surface area (Å²) >= 11 is 0. The average Bonchev–Trinajstić information content (AvgIpc) is 3.06. The monoisotopic (exact) mass is 374 g/mol. The lowest BCUT2D eigenvalue weighted by Crippen LogP contribution is -2.50. The van der Waals surface area contributed by atoms with Crippen LogP contribution in [-0.4, -0.2) is 54.6 Å². The zero-order valence-corrected chi connectivity index (χ0v) is 16.0. The Balaban J connectivity index is 2.28. The third-order valence-electron chi connectivity index (χ3n) is 4.15. The predicted octanol–water partition coefficient (Wildman–Crippen LogP) is 3.87. The molecule has 27 heavy (non-hydrogen) atoms. The number of carbonyl (C=O) groups is 2. The van der Waals surface area contributed by atoms with E-state index in [9.17, 15) is 9.59 Å². The largest absolute Gasteiger partial charge is 0.497 e. The van der Waals surface area contributed by atoms with Gasteiger partial charge in [0.15, 0.2) is 0 Å². The molecule has 0 aromatic heterocycles. The lowest BCUT2D eigenvalue weighted by atomic mass is 10.1. The Morgan fingerprint density at radius 2 is 1.63 bits per heavy atom. The van der Waals surface area contributed by atoms with E-state index >= 15 is 0 Å². The summed E-state index contributed by atoms with van der Waals surface area (Å²) in [6.45, 7) is 7.63. The summed E-state index contributed by atoms with van der Waals surface area (Å²) in [5, 5.41) is 2.57. The average molecular weight is 374 g/mol. The lowest BCUT2D eigenvalue weighted by Gasteiger charge is -2.31. The van der Waals surface area contributed by atoms with Gasteiger partial charge >= 0.3 is 12.2 Å². The van der Waals surface area contributed by atoms with Crippen molar-refractivity contribution in [2.45, 2.75) is 32.4 Å². The quantitative estimate of drug-likeness (QED) is 0.707. The molecule has 0 saturated carbocycles. The summed E-state index contributed by atoms with van der Waals surface area (Å²) in [6.07, 6.45) is 4.70. The normalized spacial score (nSPS) is 19.2. The maximum absolute atomic E-state index is 12.5. The Morgan fingerprint density at radius 1 is 1.07 bits per heavy atom. The molecule has 0 N–H and O–H groups in total. The Labute approximate surface area is 159 Å². The minimum absolute atomic E-state index is 0.208. The highest BCUT2D eigenvalue weighted by Gasteiger charge is 2.44. The van der Waals surface area contributed by atoms with Crippen LogP contribution in [0.15, 0.2) is 43.0 Å². The number of ether oxygens (including phenoxy) is 3. The van der Waals surface area contributed by atoms with Crippen molar-refractivity contribution in [3.05, 3.63) is 48.6 Å². The highest BCUT2D eigenvalue weighted by molar-refractivity contribution is 5.76. The van der Waals surface area contributed by atoms with E-state index in [0.29, 0.717) is 6.42 Å². The first-order chi connectivity index (χ1) is 13.0. The number of nitrogens with zero attached hydrogens (tertiary/aromatic N) is 2. The van der Waals surface area contributed by atoms with Gasteiger partial charge in [0.25, 0.3) is 0 Å². The molecule has 7 nitrogen and oxygen atoms in total. The first-order valence-electron chi connectivity index (χ1n) is 8.92. The molecule has 146 valence electrons. The van der Waals surface area contributed by atoms with Gasteiger partial charge in [-0.3, -0.25) is 0 Å². The first-order valence-corrected chi connectivity index (χ1v) is 8.92. The van der Waals surface area contributed by atoms with Crippen LogP contribution in [0.3, 0.4) is 0 Å². The number of amides is 2. The van der Waals surface area contributed by atoms with Crippen molar-refractivity contribution in [3.63, 3.8) is 0 Å². The number of benzene rings is 1. The maximum atomic E-state index is 12.5. The molecule has 1 aliphatic heterocycles. The highest BCUT2D eigenvalue weighted by atomic mass is 16.6. The van der Waals surface area contributed by atoms with E-state index < -0.39 is 12.2 Å². The van der Waals surface area contributed by atoms with Crippen molar-refractivity contribution < 1.29 is 23.8 Å². The summed E-state index contributed by atoms with van der Waals surface area (Å²) in [7, 11) is 1.61. The molecule has 2 rings (SSSR count). The van der Waals surface area contributed by atoms with Crippen LogP contribution in [0.4, 0.5) is 9.59 Å². The van der Waals surface area contributed by atoms with Gasteiger partial charge in [-0.15, -0.1) is 6.58 Å². The smallest absolute Gasteiger partial charge is 0.429 e. The molecular formula is C20H26N2O5. The molecule has 1 aromatic carbocycles. The molecule has 0 aliphatic carbocycles. The number of hydrogen-bond donors (Lipinski definition) is 0. The van der Waals surface area contributed by atoms with Crippen LogP contribution >= 0.6 is 0 Å². The second-order valence-corrected chi connectivity index (χ2v) is 5.83. The second-order valence-electron chi connectivity index (χ2n) is 5.83. The minimum Gasteiger partial charge on any atom is -0.497 e. The molecule has 0 spiro atoms. The molecule has 1 saturated heterocycles. The topological polar surface area (TPSA) is 68.3 Å². The van der Waals surface area contributed by atoms with Gasteiger partial charge in [-0.2, -0.15) is 0 Å². The predicted molar refractivity (Wildman–Crippen MR) is 102 cm³/mol. The van der Waals surface area contributed by atoms with Gasteiger partial charge in [0.1, 0.15) is 5.75 Å². The zero-order valence-electron chi connectivity index (χ0n) is 16.0. The standard InChI is InChI=1S/C20H26N2O5/c1-5-16-14-17(11-8-15-9-12-18(25-4)13-10-15)22(20(24)27-7-3)21(16)19(23)26-6-2/h5,8-13,16-17H,1,6-7,14H2,2-4H3/b11-8-/t16-,17+/m0/s1. The van der Waals surface area contributed by atoms with Gasteiger partial charge < -0.3 is 14.2 Å². The minimum atomic E-state index is -0.601. The lowest BCUT2D eigenvalue weighted by molar-refractivity contribution is -0.00888. The molecule has 1 aliphatic rings. The van der Waals surface area contributed by atoms with Crippen LogP contribution in [0.25, 0.3) is 6.08 Å². The van der Waals surface area contributed by atoms with E-state index in [4.69, 9.17) is 14.2 Å². The van der Waals surface area contributed by atoms with E-state index in [1.54, 1.807) is 27.0 Å². The van der Waals surface area contributed by atoms with E-state index in [2.05, 4.69) is 6.58 Å². The molecule has 0 bridgehead atoms. The third kappa shape index (κ3) is 4.81. The first kappa shape index (κ1) is 20.4. The maximum Gasteiger partial charge on any atom is 0.429 e. The van der Waals surface area contributed by atoms with Crippen LogP contribution < -0.4 is 4.74 Å². The number of rotatable bonds is 6. The van der Waals surface area contributed by atoms with Gasteiger partial charge in [-0.1, -0.05) is 30.4 Å². The van der Waals surface area contributed by atoms with E-state index in [1.807, 2.05) is 36.4 Å². The van der Waals surface area contributed by atoms with E-state index in [1.165, 1.54) is 10.0 Å². The van der Waals surface area contributed by atoms with Crippen molar-refractivity contribution >= 4 is 18.3 Å². The summed E-state index contributed by atoms with van der Waals surface area (Å²) < 4.78 is 15.4. The number of hydrazine groups is 1. The third-order valence-corrected chi connectivity index (χ3v) is 4.15. The molecule has 1 fully saturated rings. The van der Waals surface area contributed by atoms with Crippen LogP contribution in [0.2, 0.25) is 0 Å². The van der Waals surface area contributed by atoms with Crippen molar-refractivity contribution in [1.82, 2.24) is 10.0 Å². The van der Waals surface area contributed by atoms with Gasteiger partial charge in [0, 0.05) is 0 Å². The number of carbonyl (C=O) groups excluding carboxylic acids is 2. The summed E-state index contributed by atoms with van der Waals surface area (Å²) in [5.41, 5.74) is 0.948. The molecule has 2 amide bonds. The molecule has 0 radical (unpaired) electrons. The molecule has 2 atom stereocenters. The van der Waals surface area contributed by atoms with E-state index in [0.717, 1.165) is 11.3 Å². The molecule has 1 heterocycles. The molecular weight excluding hydrogens is 348 g/mol. The Morgan fingerprint density at radius 3 is 2.11 bits per heavy atom. The molecule has 7 heteroatoms. The zero-order chi connectivity index (χ0) is 19.8.